The highest BCUT2D eigenvalue weighted by molar-refractivity contribution is 9.11. The number of nitrogens with two attached hydrogens (primary N) is 1. The van der Waals surface area contributed by atoms with Crippen molar-refractivity contribution in [1.29, 1.82) is 0 Å². The molecule has 0 unspecified atom stereocenters. The van der Waals surface area contributed by atoms with E-state index in [1.807, 2.05) is 11.9 Å². The Kier molecular flexibility index (Phi) is 5.80. The number of nitrogen functional groups attached to an aromatic ring is 1. The molecule has 0 aliphatic carbocycles. The molecule has 3 N–H and O–H groups in total. The summed E-state index contributed by atoms with van der Waals surface area (Å²) in [5.41, 5.74) is 8.24. The molecular weight excluding hydrogens is 418 g/mol. The van der Waals surface area contributed by atoms with Gasteiger partial charge in [-0.1, -0.05) is 0 Å². The van der Waals surface area contributed by atoms with Crippen LogP contribution in [0.2, 0.25) is 0 Å². The molecule has 1 amide bonds. The Morgan fingerprint density at radius 1 is 1.38 bits per heavy atom. The molecule has 0 radical (unpaired) electrons. The molecule has 0 spiro atoms. The molecule has 21 heavy (non-hydrogen) atoms. The Bertz CT molecular complexity index is 645. The van der Waals surface area contributed by atoms with Gasteiger partial charge in [-0.3, -0.25) is 9.69 Å². The number of anilines is 2. The molecule has 0 saturated carbocycles. The average Bonchev–Trinajstić information content (AvgIpc) is 2.78. The van der Waals surface area contributed by atoms with E-state index in [4.69, 9.17) is 5.73 Å². The third-order valence-corrected chi connectivity index (χ3v) is 4.96. The highest BCUT2D eigenvalue weighted by Gasteiger charge is 2.10. The fraction of sp³-hybridized carbons (Fsp3) is 0.214. The molecule has 0 aliphatic rings. The van der Waals surface area contributed by atoms with E-state index in [0.717, 1.165) is 20.5 Å². The number of nitrogens with zero attached hydrogens (tertiary/aromatic N) is 1. The maximum atomic E-state index is 12.0. The van der Waals surface area contributed by atoms with Gasteiger partial charge in [-0.25, -0.2) is 0 Å². The number of thiophene rings is 1. The third-order valence-electron chi connectivity index (χ3n) is 2.76. The van der Waals surface area contributed by atoms with Crippen LogP contribution in [0.1, 0.15) is 5.56 Å². The van der Waals surface area contributed by atoms with Crippen molar-refractivity contribution in [3.63, 3.8) is 0 Å². The van der Waals surface area contributed by atoms with E-state index in [1.54, 1.807) is 29.5 Å². The van der Waals surface area contributed by atoms with Crippen LogP contribution < -0.4 is 11.1 Å². The summed E-state index contributed by atoms with van der Waals surface area (Å²) in [5.74, 6) is -0.0581. The van der Waals surface area contributed by atoms with Gasteiger partial charge in [0.15, 0.2) is 0 Å². The van der Waals surface area contributed by atoms with Crippen LogP contribution in [0.3, 0.4) is 0 Å². The minimum Gasteiger partial charge on any atom is -0.399 e. The molecule has 0 atom stereocenters. The van der Waals surface area contributed by atoms with Crippen LogP contribution in [0.25, 0.3) is 0 Å². The molecule has 2 aromatic rings. The lowest BCUT2D eigenvalue weighted by Crippen LogP contribution is -2.29. The molecule has 0 saturated heterocycles. The van der Waals surface area contributed by atoms with Crippen molar-refractivity contribution >= 4 is 60.5 Å². The molecule has 7 heteroatoms. The number of halogens is 2. The third kappa shape index (κ3) is 5.10. The number of hydrogen-bond acceptors (Lipinski definition) is 4. The largest absolute Gasteiger partial charge is 0.399 e. The minimum absolute atomic E-state index is 0.0581. The van der Waals surface area contributed by atoms with Gasteiger partial charge >= 0.3 is 0 Å². The summed E-state index contributed by atoms with van der Waals surface area (Å²) in [4.78, 5) is 14.0. The second-order valence-electron chi connectivity index (χ2n) is 4.72. The Morgan fingerprint density at radius 2 is 2.14 bits per heavy atom. The summed E-state index contributed by atoms with van der Waals surface area (Å²) >= 11 is 8.47. The zero-order valence-electron chi connectivity index (χ0n) is 11.4. The summed E-state index contributed by atoms with van der Waals surface area (Å²) < 4.78 is 1.88. The number of carbonyl (C=O) groups excluding carboxylic acids is 1. The van der Waals surface area contributed by atoms with E-state index in [2.05, 4.69) is 48.6 Å². The number of likely N-dealkylation sites (N-methyl/N-ethyl adjacent to an activating group) is 1. The van der Waals surface area contributed by atoms with Gasteiger partial charge in [-0.05, 0) is 74.1 Å². The van der Waals surface area contributed by atoms with Crippen LogP contribution in [0.15, 0.2) is 37.9 Å². The van der Waals surface area contributed by atoms with Gasteiger partial charge in [0.2, 0.25) is 5.91 Å². The second-order valence-corrected chi connectivity index (χ2v) is 7.86. The van der Waals surface area contributed by atoms with Gasteiger partial charge in [0.25, 0.3) is 0 Å². The Hall–Kier alpha value is -0.890. The Labute approximate surface area is 144 Å². The average molecular weight is 433 g/mol. The molecule has 112 valence electrons. The topological polar surface area (TPSA) is 58.4 Å². The van der Waals surface area contributed by atoms with Crippen LogP contribution in [0.4, 0.5) is 11.4 Å². The van der Waals surface area contributed by atoms with E-state index in [0.29, 0.717) is 12.2 Å². The molecule has 1 aromatic heterocycles. The summed E-state index contributed by atoms with van der Waals surface area (Å²) in [6.07, 6.45) is 0. The molecule has 1 aromatic carbocycles. The lowest BCUT2D eigenvalue weighted by atomic mass is 10.3. The quantitative estimate of drug-likeness (QED) is 0.703. The predicted molar refractivity (Wildman–Crippen MR) is 95.5 cm³/mol. The predicted octanol–water partition coefficient (Wildman–Crippen LogP) is 3.93. The van der Waals surface area contributed by atoms with Crippen LogP contribution in [0, 0.1) is 0 Å². The van der Waals surface area contributed by atoms with Crippen molar-refractivity contribution in [2.45, 2.75) is 6.54 Å². The molecule has 0 bridgehead atoms. The van der Waals surface area contributed by atoms with Crippen LogP contribution in [-0.4, -0.2) is 24.4 Å². The lowest BCUT2D eigenvalue weighted by Gasteiger charge is -2.16. The highest BCUT2D eigenvalue weighted by Crippen LogP contribution is 2.25. The zero-order valence-corrected chi connectivity index (χ0v) is 15.4. The van der Waals surface area contributed by atoms with Gasteiger partial charge in [-0.15, -0.1) is 11.3 Å². The SMILES string of the molecule is CN(CC(=O)Nc1ccc(N)cc1Br)Cc1csc(Br)c1. The maximum absolute atomic E-state index is 12.0. The Balaban J connectivity index is 1.89. The minimum atomic E-state index is -0.0581. The number of benzene rings is 1. The van der Waals surface area contributed by atoms with Crippen LogP contribution >= 0.6 is 43.2 Å². The maximum Gasteiger partial charge on any atom is 0.238 e. The standard InChI is InChI=1S/C14H15Br2N3OS/c1-19(6-9-4-13(16)21-8-9)7-14(20)18-12-3-2-10(17)5-11(12)15/h2-5,8H,6-7,17H2,1H3,(H,18,20). The first-order chi connectivity index (χ1) is 9.94. The monoisotopic (exact) mass is 431 g/mol. The van der Waals surface area contributed by atoms with Crippen molar-refractivity contribution in [1.82, 2.24) is 4.90 Å². The fourth-order valence-corrected chi connectivity index (χ4v) is 3.56. The van der Waals surface area contributed by atoms with Crippen molar-refractivity contribution in [3.05, 3.63) is 43.5 Å². The van der Waals surface area contributed by atoms with E-state index in [1.165, 1.54) is 5.56 Å². The van der Waals surface area contributed by atoms with Gasteiger partial charge in [0.1, 0.15) is 0 Å². The number of nitrogens with one attached hydrogen (secondary N) is 1. The van der Waals surface area contributed by atoms with Crippen molar-refractivity contribution in [2.75, 3.05) is 24.6 Å². The highest BCUT2D eigenvalue weighted by atomic mass is 79.9. The van der Waals surface area contributed by atoms with Gasteiger partial charge in [0, 0.05) is 16.7 Å². The van der Waals surface area contributed by atoms with E-state index in [-0.39, 0.29) is 5.91 Å². The first-order valence-electron chi connectivity index (χ1n) is 6.20. The number of rotatable bonds is 5. The summed E-state index contributed by atoms with van der Waals surface area (Å²) in [5, 5.41) is 4.95. The zero-order chi connectivity index (χ0) is 15.4. The molecule has 1 heterocycles. The molecule has 0 aliphatic heterocycles. The Morgan fingerprint density at radius 3 is 2.76 bits per heavy atom. The first kappa shape index (κ1) is 16.5. The summed E-state index contributed by atoms with van der Waals surface area (Å²) in [7, 11) is 1.92. The number of carbonyl (C=O) groups is 1. The van der Waals surface area contributed by atoms with Gasteiger partial charge < -0.3 is 11.1 Å². The summed E-state index contributed by atoms with van der Waals surface area (Å²) in [6, 6.07) is 7.37. The molecular formula is C14H15Br2N3OS. The van der Waals surface area contributed by atoms with Gasteiger partial charge in [0.05, 0.1) is 16.0 Å². The number of amides is 1. The van der Waals surface area contributed by atoms with Crippen molar-refractivity contribution in [3.8, 4) is 0 Å². The van der Waals surface area contributed by atoms with E-state index in [9.17, 15) is 4.79 Å². The lowest BCUT2D eigenvalue weighted by molar-refractivity contribution is -0.117. The first-order valence-corrected chi connectivity index (χ1v) is 8.67. The smallest absolute Gasteiger partial charge is 0.238 e. The second kappa shape index (κ2) is 7.40. The molecule has 0 fully saturated rings. The molecule has 4 nitrogen and oxygen atoms in total. The van der Waals surface area contributed by atoms with E-state index < -0.39 is 0 Å². The van der Waals surface area contributed by atoms with Crippen molar-refractivity contribution < 1.29 is 4.79 Å². The molecule has 2 rings (SSSR count). The number of hydrogen-bond donors (Lipinski definition) is 2. The fourth-order valence-electron chi connectivity index (χ4n) is 1.86. The van der Waals surface area contributed by atoms with Crippen molar-refractivity contribution in [2.24, 2.45) is 0 Å². The van der Waals surface area contributed by atoms with Crippen LogP contribution in [0.5, 0.6) is 0 Å². The van der Waals surface area contributed by atoms with Crippen LogP contribution in [-0.2, 0) is 11.3 Å². The summed E-state index contributed by atoms with van der Waals surface area (Å²) in [6.45, 7) is 1.06. The van der Waals surface area contributed by atoms with E-state index >= 15 is 0 Å². The van der Waals surface area contributed by atoms with Gasteiger partial charge in [-0.2, -0.15) is 0 Å². The normalized spacial score (nSPS) is 10.9.